The average Bonchev–Trinajstić information content (AvgIpc) is 2.46. The molecule has 0 saturated heterocycles. The summed E-state index contributed by atoms with van der Waals surface area (Å²) < 4.78 is 5.93. The van der Waals surface area contributed by atoms with Gasteiger partial charge >= 0.3 is 12.0 Å². The minimum atomic E-state index is -0.596. The highest BCUT2D eigenvalue weighted by Gasteiger charge is 2.32. The molecule has 1 aromatic rings. The Bertz CT molecular complexity index is 679. The van der Waals surface area contributed by atoms with Crippen molar-refractivity contribution >= 4 is 27.9 Å². The van der Waals surface area contributed by atoms with Crippen LogP contribution in [0.1, 0.15) is 24.9 Å². The minimum Gasteiger partial charge on any atom is -0.461 e. The summed E-state index contributed by atoms with van der Waals surface area (Å²) in [6.07, 6.45) is 0.124. The molecule has 1 heterocycles. The van der Waals surface area contributed by atoms with E-state index in [1.54, 1.807) is 6.92 Å². The van der Waals surface area contributed by atoms with Gasteiger partial charge in [0.25, 0.3) is 0 Å². The third-order valence-corrected chi connectivity index (χ3v) is 3.61. The fraction of sp³-hybridized carbons (Fsp3) is 0.267. The zero-order chi connectivity index (χ0) is 16.1. The van der Waals surface area contributed by atoms with Crippen LogP contribution in [0.3, 0.4) is 0 Å². The molecule has 7 heteroatoms. The van der Waals surface area contributed by atoms with E-state index in [1.165, 1.54) is 0 Å². The van der Waals surface area contributed by atoms with Gasteiger partial charge in [-0.25, -0.2) is 9.59 Å². The largest absolute Gasteiger partial charge is 0.461 e. The van der Waals surface area contributed by atoms with Crippen LogP contribution in [0.4, 0.5) is 4.79 Å². The Kier molecular flexibility index (Phi) is 5.17. The number of nitrogens with one attached hydrogen (secondary N) is 2. The second-order valence-electron chi connectivity index (χ2n) is 4.67. The molecule has 2 amide bonds. The van der Waals surface area contributed by atoms with Crippen LogP contribution in [0.5, 0.6) is 0 Å². The molecule has 1 aromatic carbocycles. The maximum atomic E-state index is 12.3. The van der Waals surface area contributed by atoms with Crippen LogP contribution in [0, 0.1) is 11.3 Å². The summed E-state index contributed by atoms with van der Waals surface area (Å²) in [5.41, 5.74) is 1.53. The number of allylic oxidation sites excluding steroid dienone is 1. The molecular formula is C15H14BrN3O3. The van der Waals surface area contributed by atoms with Gasteiger partial charge in [0, 0.05) is 10.2 Å². The van der Waals surface area contributed by atoms with Crippen molar-refractivity contribution in [2.75, 3.05) is 6.61 Å². The van der Waals surface area contributed by atoms with Crippen molar-refractivity contribution in [1.29, 1.82) is 5.26 Å². The van der Waals surface area contributed by atoms with E-state index in [0.717, 1.165) is 10.0 Å². The topological polar surface area (TPSA) is 91.2 Å². The number of halogens is 1. The quantitative estimate of drug-likeness (QED) is 0.635. The molecule has 0 aliphatic carbocycles. The zero-order valence-electron chi connectivity index (χ0n) is 11.9. The maximum Gasteiger partial charge on any atom is 0.338 e. The van der Waals surface area contributed by atoms with Crippen LogP contribution in [0.15, 0.2) is 40.0 Å². The average molecular weight is 364 g/mol. The van der Waals surface area contributed by atoms with Crippen LogP contribution < -0.4 is 10.6 Å². The number of nitrogens with zero attached hydrogens (tertiary/aromatic N) is 1. The smallest absolute Gasteiger partial charge is 0.338 e. The third-order valence-electron chi connectivity index (χ3n) is 3.12. The fourth-order valence-electron chi connectivity index (χ4n) is 2.17. The molecule has 22 heavy (non-hydrogen) atoms. The van der Waals surface area contributed by atoms with Crippen molar-refractivity contribution < 1.29 is 14.3 Å². The predicted molar refractivity (Wildman–Crippen MR) is 82.4 cm³/mol. The van der Waals surface area contributed by atoms with Crippen molar-refractivity contribution in [3.05, 3.63) is 45.6 Å². The van der Waals surface area contributed by atoms with Gasteiger partial charge in [-0.2, -0.15) is 5.26 Å². The summed E-state index contributed by atoms with van der Waals surface area (Å²) in [5, 5.41) is 13.8. The molecule has 2 rings (SSSR count). The van der Waals surface area contributed by atoms with Crippen LogP contribution >= 0.6 is 15.9 Å². The van der Waals surface area contributed by atoms with Gasteiger partial charge in [0.05, 0.1) is 24.1 Å². The van der Waals surface area contributed by atoms with Crippen LogP contribution in [0.25, 0.3) is 0 Å². The molecule has 1 aliphatic heterocycles. The SMILES string of the molecule is CC1=C(C(=O)OCCC#N)[C@H](c2cccc(Br)c2)NC(=O)N1. The number of esters is 1. The molecule has 0 aromatic heterocycles. The Morgan fingerprint density at radius 1 is 1.50 bits per heavy atom. The highest BCUT2D eigenvalue weighted by Crippen LogP contribution is 2.29. The lowest BCUT2D eigenvalue weighted by molar-refractivity contribution is -0.139. The number of hydrogen-bond donors (Lipinski definition) is 2. The third kappa shape index (κ3) is 3.65. The van der Waals surface area contributed by atoms with E-state index in [9.17, 15) is 9.59 Å². The number of hydrogen-bond acceptors (Lipinski definition) is 4. The maximum absolute atomic E-state index is 12.3. The summed E-state index contributed by atoms with van der Waals surface area (Å²) in [5.74, 6) is -0.551. The zero-order valence-corrected chi connectivity index (χ0v) is 13.4. The van der Waals surface area contributed by atoms with Crippen LogP contribution in [-0.2, 0) is 9.53 Å². The Morgan fingerprint density at radius 3 is 2.95 bits per heavy atom. The molecule has 1 aliphatic rings. The van der Waals surface area contributed by atoms with Gasteiger partial charge in [-0.3, -0.25) is 0 Å². The number of carbonyl (C=O) groups excluding carboxylic acids is 2. The fourth-order valence-corrected chi connectivity index (χ4v) is 2.58. The summed E-state index contributed by atoms with van der Waals surface area (Å²) in [4.78, 5) is 24.0. The number of urea groups is 1. The summed E-state index contributed by atoms with van der Waals surface area (Å²) in [7, 11) is 0. The van der Waals surface area contributed by atoms with Gasteiger partial charge < -0.3 is 15.4 Å². The summed E-state index contributed by atoms with van der Waals surface area (Å²) >= 11 is 3.37. The Hall–Kier alpha value is -2.33. The lowest BCUT2D eigenvalue weighted by Crippen LogP contribution is -2.45. The molecule has 0 fully saturated rings. The lowest BCUT2D eigenvalue weighted by Gasteiger charge is -2.28. The first kappa shape index (κ1) is 16.0. The monoisotopic (exact) mass is 363 g/mol. The summed E-state index contributed by atoms with van der Waals surface area (Å²) in [6.45, 7) is 1.66. The Morgan fingerprint density at radius 2 is 2.27 bits per heavy atom. The Balaban J connectivity index is 2.33. The number of benzene rings is 1. The van der Waals surface area contributed by atoms with E-state index in [-0.39, 0.29) is 19.1 Å². The summed E-state index contributed by atoms with van der Waals surface area (Å²) in [6, 6.07) is 8.25. The predicted octanol–water partition coefficient (Wildman–Crippen LogP) is 2.53. The van der Waals surface area contributed by atoms with E-state index in [2.05, 4.69) is 26.6 Å². The van der Waals surface area contributed by atoms with Gasteiger partial charge in [0.1, 0.15) is 6.61 Å². The standard InChI is InChI=1S/C15H14BrN3O3/c1-9-12(14(20)22-7-3-6-17)13(19-15(21)18-9)10-4-2-5-11(16)8-10/h2,4-5,8,13H,3,7H2,1H3,(H2,18,19,21)/t13-/m0/s1. The molecule has 0 radical (unpaired) electrons. The second-order valence-corrected chi connectivity index (χ2v) is 5.58. The highest BCUT2D eigenvalue weighted by molar-refractivity contribution is 9.10. The molecule has 6 nitrogen and oxygen atoms in total. The normalized spacial score (nSPS) is 17.3. The molecular weight excluding hydrogens is 350 g/mol. The van der Waals surface area contributed by atoms with E-state index < -0.39 is 12.0 Å². The van der Waals surface area contributed by atoms with E-state index in [4.69, 9.17) is 10.00 Å². The lowest BCUT2D eigenvalue weighted by atomic mass is 9.96. The number of carbonyl (C=O) groups is 2. The molecule has 0 spiro atoms. The van der Waals surface area contributed by atoms with Crippen molar-refractivity contribution in [3.63, 3.8) is 0 Å². The number of amides is 2. The number of rotatable bonds is 4. The van der Waals surface area contributed by atoms with E-state index in [1.807, 2.05) is 30.3 Å². The Labute approximate surface area is 136 Å². The first-order chi connectivity index (χ1) is 10.5. The molecule has 0 bridgehead atoms. The van der Waals surface area contributed by atoms with Gasteiger partial charge in [-0.05, 0) is 24.6 Å². The molecule has 0 saturated carbocycles. The first-order valence-corrected chi connectivity index (χ1v) is 7.40. The van der Waals surface area contributed by atoms with Crippen molar-refractivity contribution in [2.45, 2.75) is 19.4 Å². The van der Waals surface area contributed by atoms with E-state index >= 15 is 0 Å². The van der Waals surface area contributed by atoms with Gasteiger partial charge in [0.15, 0.2) is 0 Å². The second kappa shape index (κ2) is 7.09. The highest BCUT2D eigenvalue weighted by atomic mass is 79.9. The first-order valence-electron chi connectivity index (χ1n) is 6.60. The van der Waals surface area contributed by atoms with Gasteiger partial charge in [-0.1, -0.05) is 28.1 Å². The van der Waals surface area contributed by atoms with Gasteiger partial charge in [0.2, 0.25) is 0 Å². The number of nitriles is 1. The minimum absolute atomic E-state index is 0.0191. The molecule has 2 N–H and O–H groups in total. The molecule has 114 valence electrons. The molecule has 0 unspecified atom stereocenters. The van der Waals surface area contributed by atoms with Crippen LogP contribution in [0.2, 0.25) is 0 Å². The van der Waals surface area contributed by atoms with Gasteiger partial charge in [-0.15, -0.1) is 0 Å². The van der Waals surface area contributed by atoms with Crippen molar-refractivity contribution in [3.8, 4) is 6.07 Å². The van der Waals surface area contributed by atoms with E-state index in [0.29, 0.717) is 11.3 Å². The number of ether oxygens (including phenoxy) is 1. The van der Waals surface area contributed by atoms with Crippen molar-refractivity contribution in [2.24, 2.45) is 0 Å². The van der Waals surface area contributed by atoms with Crippen LogP contribution in [-0.4, -0.2) is 18.6 Å². The molecule has 1 atom stereocenters. The van der Waals surface area contributed by atoms with Crippen molar-refractivity contribution in [1.82, 2.24) is 10.6 Å².